The Balaban J connectivity index is 1.43. The van der Waals surface area contributed by atoms with Crippen molar-refractivity contribution in [2.75, 3.05) is 13.7 Å². The van der Waals surface area contributed by atoms with Crippen molar-refractivity contribution in [3.8, 4) is 5.75 Å². The molecule has 1 heterocycles. The molecule has 1 aromatic carbocycles. The second kappa shape index (κ2) is 10.2. The Bertz CT molecular complexity index is 822. The topological polar surface area (TPSA) is 81.1 Å². The van der Waals surface area contributed by atoms with E-state index in [4.69, 9.17) is 4.74 Å². The number of para-hydroxylation sites is 1. The average Bonchev–Trinajstić information content (AvgIpc) is 3.22. The maximum atomic E-state index is 12.0. The zero-order valence-corrected chi connectivity index (χ0v) is 17.5. The fraction of sp³-hybridized carbons (Fsp3) is 0.500. The van der Waals surface area contributed by atoms with Gasteiger partial charge in [0.2, 0.25) is 0 Å². The Hall–Kier alpha value is -2.67. The lowest BCUT2D eigenvalue weighted by Crippen LogP contribution is -2.34. The predicted molar refractivity (Wildman–Crippen MR) is 114 cm³/mol. The summed E-state index contributed by atoms with van der Waals surface area (Å²) in [6.07, 6.45) is 10.2. The number of hydrogen-bond donors (Lipinski definition) is 2. The van der Waals surface area contributed by atoms with Crippen LogP contribution in [0, 0.1) is 0 Å². The molecule has 1 amide bonds. The Labute approximate surface area is 172 Å². The first-order valence-electron chi connectivity index (χ1n) is 10.3. The highest BCUT2D eigenvalue weighted by molar-refractivity contribution is 5.91. The van der Waals surface area contributed by atoms with Crippen LogP contribution in [0.1, 0.15) is 61.6 Å². The van der Waals surface area contributed by atoms with Crippen molar-refractivity contribution in [3.63, 3.8) is 0 Å². The normalized spacial score (nSPS) is 19.6. The molecular formula is C22H31N5O2. The van der Waals surface area contributed by atoms with E-state index in [1.54, 1.807) is 13.3 Å². The largest absolute Gasteiger partial charge is 0.496 e. The highest BCUT2D eigenvalue weighted by atomic mass is 16.5. The first-order valence-corrected chi connectivity index (χ1v) is 10.3. The molecule has 0 unspecified atom stereocenters. The minimum Gasteiger partial charge on any atom is -0.496 e. The van der Waals surface area contributed by atoms with Crippen LogP contribution in [0.4, 0.5) is 0 Å². The van der Waals surface area contributed by atoms with E-state index in [9.17, 15) is 4.79 Å². The van der Waals surface area contributed by atoms with E-state index in [1.807, 2.05) is 42.8 Å². The number of carbonyl (C=O) groups excluding carboxylic acids is 1. The van der Waals surface area contributed by atoms with Crippen LogP contribution in [0.25, 0.3) is 6.08 Å². The summed E-state index contributed by atoms with van der Waals surface area (Å²) in [7, 11) is 1.69. The van der Waals surface area contributed by atoms with Gasteiger partial charge in [-0.1, -0.05) is 35.6 Å². The first-order chi connectivity index (χ1) is 14.1. The number of aromatic nitrogens is 3. The van der Waals surface area contributed by atoms with Crippen molar-refractivity contribution in [1.29, 1.82) is 0 Å². The molecule has 1 aromatic heterocycles. The molecule has 7 heteroatoms. The fourth-order valence-corrected chi connectivity index (χ4v) is 3.66. The second-order valence-corrected chi connectivity index (χ2v) is 7.77. The third-order valence-electron chi connectivity index (χ3n) is 5.19. The monoisotopic (exact) mass is 397 g/mol. The van der Waals surface area contributed by atoms with Crippen molar-refractivity contribution < 1.29 is 9.53 Å². The molecule has 156 valence electrons. The number of nitrogens with one attached hydrogen (secondary N) is 2. The van der Waals surface area contributed by atoms with E-state index < -0.39 is 0 Å². The average molecular weight is 398 g/mol. The number of amides is 1. The summed E-state index contributed by atoms with van der Waals surface area (Å²) in [6, 6.07) is 8.91. The van der Waals surface area contributed by atoms with Gasteiger partial charge in [0.15, 0.2) is 5.69 Å². The molecule has 0 radical (unpaired) electrons. The van der Waals surface area contributed by atoms with Gasteiger partial charge in [-0.3, -0.25) is 4.79 Å². The molecule has 2 N–H and O–H groups in total. The van der Waals surface area contributed by atoms with Crippen LogP contribution < -0.4 is 15.4 Å². The summed E-state index contributed by atoms with van der Waals surface area (Å²) in [5, 5.41) is 14.7. The molecular weight excluding hydrogens is 366 g/mol. The van der Waals surface area contributed by atoms with Crippen molar-refractivity contribution in [1.82, 2.24) is 25.6 Å². The molecule has 1 fully saturated rings. The van der Waals surface area contributed by atoms with Crippen LogP contribution in [-0.4, -0.2) is 46.6 Å². The zero-order valence-electron chi connectivity index (χ0n) is 17.5. The third kappa shape index (κ3) is 5.90. The lowest BCUT2D eigenvalue weighted by atomic mass is 9.91. The van der Waals surface area contributed by atoms with E-state index in [2.05, 4.69) is 33.1 Å². The molecule has 2 aromatic rings. The van der Waals surface area contributed by atoms with E-state index in [-0.39, 0.29) is 11.9 Å². The summed E-state index contributed by atoms with van der Waals surface area (Å²) in [6.45, 7) is 4.69. The quantitative estimate of drug-likeness (QED) is 0.715. The van der Waals surface area contributed by atoms with Crippen LogP contribution in [0.5, 0.6) is 5.75 Å². The lowest BCUT2D eigenvalue weighted by Gasteiger charge is -2.28. The number of hydrogen-bond acceptors (Lipinski definition) is 5. The number of ether oxygens (including phenoxy) is 1. The number of methoxy groups -OCH3 is 1. The van der Waals surface area contributed by atoms with E-state index in [0.29, 0.717) is 17.8 Å². The molecule has 0 bridgehead atoms. The van der Waals surface area contributed by atoms with Gasteiger partial charge in [0.05, 0.1) is 19.3 Å². The summed E-state index contributed by atoms with van der Waals surface area (Å²) >= 11 is 0. The van der Waals surface area contributed by atoms with E-state index >= 15 is 0 Å². The first kappa shape index (κ1) is 21.0. The predicted octanol–water partition coefficient (Wildman–Crippen LogP) is 3.21. The molecule has 0 spiro atoms. The van der Waals surface area contributed by atoms with Gasteiger partial charge in [0.1, 0.15) is 5.75 Å². The smallest absolute Gasteiger partial charge is 0.273 e. The minimum atomic E-state index is -0.163. The zero-order chi connectivity index (χ0) is 20.6. The van der Waals surface area contributed by atoms with Crippen LogP contribution in [0.15, 0.2) is 36.5 Å². The van der Waals surface area contributed by atoms with Gasteiger partial charge in [0.25, 0.3) is 5.91 Å². The summed E-state index contributed by atoms with van der Waals surface area (Å²) in [5.41, 5.74) is 1.48. The van der Waals surface area contributed by atoms with Crippen LogP contribution in [-0.2, 0) is 0 Å². The number of benzene rings is 1. The van der Waals surface area contributed by atoms with Crippen molar-refractivity contribution in [2.45, 2.75) is 57.7 Å². The Kier molecular flexibility index (Phi) is 7.41. The second-order valence-electron chi connectivity index (χ2n) is 7.77. The van der Waals surface area contributed by atoms with Crippen LogP contribution in [0.3, 0.4) is 0 Å². The molecule has 1 saturated carbocycles. The molecule has 3 rings (SSSR count). The van der Waals surface area contributed by atoms with Gasteiger partial charge in [-0.15, -0.1) is 5.10 Å². The highest BCUT2D eigenvalue weighted by Crippen LogP contribution is 2.28. The minimum absolute atomic E-state index is 0.0891. The van der Waals surface area contributed by atoms with E-state index in [0.717, 1.165) is 43.5 Å². The molecule has 0 saturated heterocycles. The van der Waals surface area contributed by atoms with Gasteiger partial charge < -0.3 is 15.4 Å². The van der Waals surface area contributed by atoms with Crippen molar-refractivity contribution in [3.05, 3.63) is 47.8 Å². The molecule has 0 aliphatic heterocycles. The standard InChI is InChI=1S/C22H31N5O2/c1-16(2)24-22(28)20-15-27(26-25-20)19-12-10-18(11-13-19)23-14-6-8-17-7-4-5-9-21(17)29-3/h4-9,15-16,18-19,23H,10-14H2,1-3H3,(H,24,28). The number of nitrogens with zero attached hydrogens (tertiary/aromatic N) is 3. The molecule has 1 aliphatic carbocycles. The summed E-state index contributed by atoms with van der Waals surface area (Å²) in [4.78, 5) is 12.0. The van der Waals surface area contributed by atoms with Gasteiger partial charge in [-0.2, -0.15) is 0 Å². The Morgan fingerprint density at radius 2 is 2.03 bits per heavy atom. The number of rotatable bonds is 8. The molecule has 29 heavy (non-hydrogen) atoms. The Morgan fingerprint density at radius 1 is 1.28 bits per heavy atom. The summed E-state index contributed by atoms with van der Waals surface area (Å²) in [5.74, 6) is 0.724. The highest BCUT2D eigenvalue weighted by Gasteiger charge is 2.23. The van der Waals surface area contributed by atoms with E-state index in [1.165, 1.54) is 0 Å². The van der Waals surface area contributed by atoms with Crippen molar-refractivity contribution in [2.24, 2.45) is 0 Å². The van der Waals surface area contributed by atoms with Crippen molar-refractivity contribution >= 4 is 12.0 Å². The van der Waals surface area contributed by atoms with Gasteiger partial charge in [0, 0.05) is 24.2 Å². The third-order valence-corrected chi connectivity index (χ3v) is 5.19. The SMILES string of the molecule is COc1ccccc1C=CCNC1CCC(n2cc(C(=O)NC(C)C)nn2)CC1. The van der Waals surface area contributed by atoms with Crippen LogP contribution in [0.2, 0.25) is 0 Å². The molecule has 1 aliphatic rings. The van der Waals surface area contributed by atoms with Gasteiger partial charge in [-0.25, -0.2) is 4.68 Å². The molecule has 0 atom stereocenters. The fourth-order valence-electron chi connectivity index (χ4n) is 3.66. The maximum Gasteiger partial charge on any atom is 0.273 e. The maximum absolute atomic E-state index is 12.0. The lowest BCUT2D eigenvalue weighted by molar-refractivity contribution is 0.0938. The number of carbonyl (C=O) groups is 1. The van der Waals surface area contributed by atoms with Gasteiger partial charge >= 0.3 is 0 Å². The summed E-state index contributed by atoms with van der Waals surface area (Å²) < 4.78 is 7.23. The van der Waals surface area contributed by atoms with Gasteiger partial charge in [-0.05, 0) is 45.6 Å². The molecule has 7 nitrogen and oxygen atoms in total. The Morgan fingerprint density at radius 3 is 2.76 bits per heavy atom. The van der Waals surface area contributed by atoms with Crippen LogP contribution >= 0.6 is 0 Å².